The Hall–Kier alpha value is -0.850. The maximum atomic E-state index is 10.5. The smallest absolute Gasteiger partial charge is 0.303 e. The number of ether oxygens (including phenoxy) is 5. The van der Waals surface area contributed by atoms with Crippen LogP contribution in [0.1, 0.15) is 110 Å². The maximum absolute atomic E-state index is 10.5. The lowest BCUT2D eigenvalue weighted by Gasteiger charge is -2.29. The van der Waals surface area contributed by atoms with Crippen molar-refractivity contribution >= 4 is 5.97 Å². The molecule has 1 saturated heterocycles. The second-order valence-electron chi connectivity index (χ2n) is 11.6. The van der Waals surface area contributed by atoms with Gasteiger partial charge in [-0.3, -0.25) is 4.79 Å². The van der Waals surface area contributed by atoms with Crippen LogP contribution in [0.3, 0.4) is 0 Å². The molecule has 1 fully saturated rings. The highest BCUT2D eigenvalue weighted by Gasteiger charge is 2.44. The average Bonchev–Trinajstić information content (AvgIpc) is 3.38. The summed E-state index contributed by atoms with van der Waals surface area (Å²) in [6, 6.07) is 0. The third-order valence-corrected chi connectivity index (χ3v) is 7.88. The van der Waals surface area contributed by atoms with Crippen LogP contribution in [0.25, 0.3) is 0 Å². The minimum atomic E-state index is -0.681. The van der Waals surface area contributed by atoms with E-state index >= 15 is 0 Å². The number of carboxylic acids is 1. The second kappa shape index (κ2) is 27.7. The van der Waals surface area contributed by atoms with Crippen molar-refractivity contribution in [3.63, 3.8) is 0 Å². The molecule has 0 amide bonds. The number of carbonyl (C=O) groups is 1. The van der Waals surface area contributed by atoms with Crippen LogP contribution >= 0.6 is 0 Å². The van der Waals surface area contributed by atoms with Gasteiger partial charge in [-0.1, -0.05) is 90.4 Å². The van der Waals surface area contributed by atoms with Crippen molar-refractivity contribution in [2.45, 2.75) is 134 Å². The molecule has 250 valence electrons. The van der Waals surface area contributed by atoms with Gasteiger partial charge in [0.2, 0.25) is 0 Å². The molecule has 0 radical (unpaired) electrons. The third-order valence-electron chi connectivity index (χ3n) is 7.88. The van der Waals surface area contributed by atoms with E-state index < -0.39 is 24.3 Å². The van der Waals surface area contributed by atoms with E-state index in [0.717, 1.165) is 25.7 Å². The summed E-state index contributed by atoms with van der Waals surface area (Å²) in [5.41, 5.74) is 0. The molecular formula is C32H62O10. The van der Waals surface area contributed by atoms with Crippen LogP contribution in [0.2, 0.25) is 0 Å². The normalized spacial score (nSPS) is 20.2. The molecule has 1 heterocycles. The van der Waals surface area contributed by atoms with Gasteiger partial charge in [0.05, 0.1) is 52.9 Å². The van der Waals surface area contributed by atoms with E-state index in [1.807, 2.05) is 0 Å². The molecule has 42 heavy (non-hydrogen) atoms. The van der Waals surface area contributed by atoms with Crippen molar-refractivity contribution in [3.05, 3.63) is 0 Å². The fraction of sp³-hybridized carbons (Fsp3) is 0.969. The van der Waals surface area contributed by atoms with Gasteiger partial charge in [0.25, 0.3) is 0 Å². The van der Waals surface area contributed by atoms with Gasteiger partial charge < -0.3 is 44.1 Å². The monoisotopic (exact) mass is 606 g/mol. The third kappa shape index (κ3) is 20.2. The number of hydrogen-bond donors (Lipinski definition) is 4. The van der Waals surface area contributed by atoms with Gasteiger partial charge in [0.15, 0.2) is 0 Å². The Balaban J connectivity index is 2.11. The van der Waals surface area contributed by atoms with Crippen molar-refractivity contribution in [2.75, 3.05) is 59.5 Å². The second-order valence-corrected chi connectivity index (χ2v) is 11.6. The number of aliphatic hydroxyl groups excluding tert-OH is 3. The number of aliphatic hydroxyl groups is 3. The zero-order valence-electron chi connectivity index (χ0n) is 26.3. The molecule has 0 saturated carbocycles. The lowest BCUT2D eigenvalue weighted by Crippen LogP contribution is -2.45. The first-order chi connectivity index (χ1) is 20.5. The van der Waals surface area contributed by atoms with Crippen molar-refractivity contribution in [2.24, 2.45) is 5.92 Å². The van der Waals surface area contributed by atoms with E-state index in [0.29, 0.717) is 32.2 Å². The minimum absolute atomic E-state index is 0.0958. The van der Waals surface area contributed by atoms with Crippen LogP contribution < -0.4 is 0 Å². The Morgan fingerprint density at radius 1 is 0.738 bits per heavy atom. The lowest BCUT2D eigenvalue weighted by molar-refractivity contribution is -0.137. The molecule has 1 aliphatic heterocycles. The zero-order chi connectivity index (χ0) is 30.7. The van der Waals surface area contributed by atoms with Crippen LogP contribution in [0, 0.1) is 5.92 Å². The Morgan fingerprint density at radius 2 is 1.29 bits per heavy atom. The molecule has 0 aromatic carbocycles. The number of carboxylic acid groups (broad SMARTS) is 1. The summed E-state index contributed by atoms with van der Waals surface area (Å²) in [6.07, 6.45) is 16.7. The first-order valence-corrected chi connectivity index (χ1v) is 16.6. The fourth-order valence-electron chi connectivity index (χ4n) is 5.45. The van der Waals surface area contributed by atoms with Gasteiger partial charge in [0, 0.05) is 13.0 Å². The summed E-state index contributed by atoms with van der Waals surface area (Å²) in [4.78, 5) is 10.5. The van der Waals surface area contributed by atoms with Crippen LogP contribution in [0.15, 0.2) is 0 Å². The van der Waals surface area contributed by atoms with E-state index in [1.54, 1.807) is 0 Å². The molecule has 0 spiro atoms. The van der Waals surface area contributed by atoms with Crippen molar-refractivity contribution in [3.8, 4) is 0 Å². The Bertz CT molecular complexity index is 608. The molecule has 10 nitrogen and oxygen atoms in total. The molecule has 5 unspecified atom stereocenters. The van der Waals surface area contributed by atoms with Crippen LogP contribution in [0.5, 0.6) is 0 Å². The fourth-order valence-corrected chi connectivity index (χ4v) is 5.45. The number of unbranched alkanes of at least 4 members (excludes halogenated alkanes) is 12. The van der Waals surface area contributed by atoms with Crippen molar-refractivity contribution < 1.29 is 48.9 Å². The first kappa shape index (κ1) is 39.2. The van der Waals surface area contributed by atoms with Crippen molar-refractivity contribution in [1.29, 1.82) is 0 Å². The predicted molar refractivity (Wildman–Crippen MR) is 162 cm³/mol. The number of aliphatic carboxylic acids is 1. The Labute approximate surface area is 254 Å². The molecular weight excluding hydrogens is 544 g/mol. The molecule has 4 N–H and O–H groups in total. The average molecular weight is 607 g/mol. The molecule has 1 aliphatic rings. The molecule has 0 aromatic rings. The van der Waals surface area contributed by atoms with Crippen LogP contribution in [-0.2, 0) is 28.5 Å². The molecule has 5 atom stereocenters. The zero-order valence-corrected chi connectivity index (χ0v) is 26.3. The van der Waals surface area contributed by atoms with E-state index in [4.69, 9.17) is 33.9 Å². The highest BCUT2D eigenvalue weighted by Crippen LogP contribution is 2.25. The largest absolute Gasteiger partial charge is 0.481 e. The van der Waals surface area contributed by atoms with E-state index in [-0.39, 0.29) is 45.7 Å². The van der Waals surface area contributed by atoms with E-state index in [1.165, 1.54) is 70.6 Å². The predicted octanol–water partition coefficient (Wildman–Crippen LogP) is 4.50. The number of rotatable bonds is 31. The van der Waals surface area contributed by atoms with Gasteiger partial charge >= 0.3 is 5.97 Å². The molecule has 1 rings (SSSR count). The molecule has 0 bridgehead atoms. The van der Waals surface area contributed by atoms with E-state index in [2.05, 4.69) is 6.92 Å². The SMILES string of the molecule is CC(CCCCCCCCCCCCCCCC(=O)O)CCOCC(OCCO)C1OCC(OCCO)C1OCCO. The molecule has 0 aromatic heterocycles. The summed E-state index contributed by atoms with van der Waals surface area (Å²) in [7, 11) is 0. The maximum Gasteiger partial charge on any atom is 0.303 e. The van der Waals surface area contributed by atoms with Crippen LogP contribution in [0.4, 0.5) is 0 Å². The molecule has 0 aliphatic carbocycles. The van der Waals surface area contributed by atoms with Gasteiger partial charge in [-0.25, -0.2) is 0 Å². The highest BCUT2D eigenvalue weighted by atomic mass is 16.6. The molecule has 10 heteroatoms. The summed E-state index contributed by atoms with van der Waals surface area (Å²) >= 11 is 0. The topological polar surface area (TPSA) is 144 Å². The Morgan fingerprint density at radius 3 is 1.86 bits per heavy atom. The lowest BCUT2D eigenvalue weighted by atomic mass is 9.99. The first-order valence-electron chi connectivity index (χ1n) is 16.6. The summed E-state index contributed by atoms with van der Waals surface area (Å²) in [5.74, 6) is -0.0924. The van der Waals surface area contributed by atoms with Gasteiger partial charge in [0.1, 0.15) is 24.4 Å². The van der Waals surface area contributed by atoms with Gasteiger partial charge in [-0.2, -0.15) is 0 Å². The van der Waals surface area contributed by atoms with Gasteiger partial charge in [-0.05, 0) is 18.8 Å². The summed E-state index contributed by atoms with van der Waals surface area (Å²) < 4.78 is 29.2. The Kier molecular flexibility index (Phi) is 25.8. The van der Waals surface area contributed by atoms with Gasteiger partial charge in [-0.15, -0.1) is 0 Å². The van der Waals surface area contributed by atoms with Crippen molar-refractivity contribution in [1.82, 2.24) is 0 Å². The summed E-state index contributed by atoms with van der Waals surface area (Å²) in [5, 5.41) is 36.3. The highest BCUT2D eigenvalue weighted by molar-refractivity contribution is 5.66. The number of hydrogen-bond acceptors (Lipinski definition) is 9. The van der Waals surface area contributed by atoms with Crippen LogP contribution in [-0.4, -0.2) is 110 Å². The standard InChI is InChI=1S/C32H62O10/c1-27(15-13-11-9-7-5-3-2-4-6-8-10-12-14-16-30(36)37)17-21-38-25-28(39-22-18-33)32-31(41-24-20-35)29(26-42-32)40-23-19-34/h27-29,31-35H,2-26H2,1H3,(H,36,37). The minimum Gasteiger partial charge on any atom is -0.481 e. The summed E-state index contributed by atoms with van der Waals surface area (Å²) in [6.45, 7) is 3.69. The van der Waals surface area contributed by atoms with E-state index in [9.17, 15) is 15.0 Å². The quantitative estimate of drug-likeness (QED) is 0.0833.